The lowest BCUT2D eigenvalue weighted by Gasteiger charge is -2.32. The van der Waals surface area contributed by atoms with Crippen molar-refractivity contribution in [2.24, 2.45) is 11.5 Å². The minimum Gasteiger partial charge on any atom is -0.391 e. The van der Waals surface area contributed by atoms with Crippen LogP contribution in [-0.2, 0) is 14.5 Å². The van der Waals surface area contributed by atoms with E-state index in [1.54, 1.807) is 0 Å². The second kappa shape index (κ2) is 8.60. The predicted molar refractivity (Wildman–Crippen MR) is 74.5 cm³/mol. The maximum absolute atomic E-state index is 9.95. The average molecular weight is 342 g/mol. The molecule has 0 amide bonds. The van der Waals surface area contributed by atoms with E-state index in [-0.39, 0.29) is 13.1 Å². The van der Waals surface area contributed by atoms with E-state index in [2.05, 4.69) is 0 Å². The fraction of sp³-hybridized carbons (Fsp3) is 1.00. The van der Waals surface area contributed by atoms with Crippen LogP contribution in [0.4, 0.5) is 0 Å². The third-order valence-electron chi connectivity index (χ3n) is 3.73. The number of hydrogen-bond acceptors (Lipinski definition) is 11. The fourth-order valence-electron chi connectivity index (χ4n) is 2.16. The van der Waals surface area contributed by atoms with E-state index < -0.39 is 55.1 Å². The summed E-state index contributed by atoms with van der Waals surface area (Å²) < 4.78 is 5.20. The summed E-state index contributed by atoms with van der Waals surface area (Å²) in [5.74, 6) is -2.12. The van der Waals surface area contributed by atoms with Crippen molar-refractivity contribution in [2.45, 2.75) is 55.4 Å². The van der Waals surface area contributed by atoms with Crippen molar-refractivity contribution in [3.63, 3.8) is 0 Å². The van der Waals surface area contributed by atoms with Gasteiger partial charge < -0.3 is 46.8 Å². The van der Waals surface area contributed by atoms with E-state index in [4.69, 9.17) is 26.0 Å². The Hall–Kier alpha value is -0.440. The molecule has 0 aliphatic carbocycles. The molecule has 1 fully saturated rings. The lowest BCUT2D eigenvalue weighted by Crippen LogP contribution is -2.52. The Morgan fingerprint density at radius 2 is 1.78 bits per heavy atom. The van der Waals surface area contributed by atoms with Gasteiger partial charge in [-0.1, -0.05) is 0 Å². The first-order valence-corrected chi connectivity index (χ1v) is 7.17. The van der Waals surface area contributed by atoms with Gasteiger partial charge in [0.1, 0.15) is 43.2 Å². The van der Waals surface area contributed by atoms with Gasteiger partial charge in [0.05, 0.1) is 6.10 Å². The number of aliphatic hydroxyl groups is 6. The van der Waals surface area contributed by atoms with Gasteiger partial charge in [0.25, 0.3) is 5.79 Å². The summed E-state index contributed by atoms with van der Waals surface area (Å²) in [6.45, 7) is -0.0872. The largest absolute Gasteiger partial charge is 0.391 e. The summed E-state index contributed by atoms with van der Waals surface area (Å²) in [5.41, 5.74) is 10.8. The van der Waals surface area contributed by atoms with E-state index in [0.717, 1.165) is 0 Å². The van der Waals surface area contributed by atoms with Gasteiger partial charge in [0.2, 0.25) is 0 Å². The fourth-order valence-corrected chi connectivity index (χ4v) is 2.16. The number of hydrogen-bond donors (Lipinski definition) is 8. The highest BCUT2D eigenvalue weighted by Crippen LogP contribution is 2.32. The molecule has 138 valence electrons. The second-order valence-corrected chi connectivity index (χ2v) is 5.47. The minimum atomic E-state index is -2.12. The van der Waals surface area contributed by atoms with Crippen LogP contribution in [0.15, 0.2) is 0 Å². The number of rotatable bonds is 9. The molecule has 0 spiro atoms. The van der Waals surface area contributed by atoms with Crippen LogP contribution in [0.3, 0.4) is 0 Å². The van der Waals surface area contributed by atoms with E-state index in [1.807, 2.05) is 0 Å². The quantitative estimate of drug-likeness (QED) is 0.147. The SMILES string of the molecule is C[C@@H](O)C(O)[C@H](O)C(CN)OO[C@]1(CO)O[C@H](CN)C(O)C1O. The minimum absolute atomic E-state index is 0.146. The summed E-state index contributed by atoms with van der Waals surface area (Å²) in [7, 11) is 0. The third-order valence-corrected chi connectivity index (χ3v) is 3.73. The first kappa shape index (κ1) is 20.6. The summed E-state index contributed by atoms with van der Waals surface area (Å²) in [4.78, 5) is 9.76. The Balaban J connectivity index is 2.76. The summed E-state index contributed by atoms with van der Waals surface area (Å²) in [6.07, 6.45) is -9.80. The molecule has 1 saturated heterocycles. The molecule has 10 N–H and O–H groups in total. The molecule has 0 aromatic carbocycles. The van der Waals surface area contributed by atoms with Crippen molar-refractivity contribution in [1.29, 1.82) is 0 Å². The molecule has 0 aromatic heterocycles. The van der Waals surface area contributed by atoms with Crippen molar-refractivity contribution >= 4 is 0 Å². The van der Waals surface area contributed by atoms with E-state index >= 15 is 0 Å². The standard InChI is InChI=1S/C12H26N2O9/c1-5(16)8(17)9(18)7(3-14)22-23-12(4-15)11(20)10(19)6(2-13)21-12/h5-11,15-20H,2-4,13-14H2,1H3/t5-,6-,7?,8?,9-,10?,11?,12+/m1/s1. The second-order valence-electron chi connectivity index (χ2n) is 5.47. The molecule has 0 aromatic rings. The molecule has 11 nitrogen and oxygen atoms in total. The summed E-state index contributed by atoms with van der Waals surface area (Å²) >= 11 is 0. The third kappa shape index (κ3) is 4.35. The molecule has 4 unspecified atom stereocenters. The Morgan fingerprint density at radius 3 is 2.17 bits per heavy atom. The lowest BCUT2D eigenvalue weighted by molar-refractivity contribution is -0.463. The van der Waals surface area contributed by atoms with Crippen LogP contribution in [0, 0.1) is 0 Å². The Bertz CT molecular complexity index is 361. The molecule has 0 radical (unpaired) electrons. The van der Waals surface area contributed by atoms with Gasteiger partial charge in [0, 0.05) is 13.1 Å². The first-order valence-electron chi connectivity index (χ1n) is 7.17. The van der Waals surface area contributed by atoms with Crippen LogP contribution in [0.5, 0.6) is 0 Å². The molecule has 23 heavy (non-hydrogen) atoms. The van der Waals surface area contributed by atoms with Gasteiger partial charge >= 0.3 is 0 Å². The smallest absolute Gasteiger partial charge is 0.254 e. The highest BCUT2D eigenvalue weighted by molar-refractivity contribution is 4.96. The van der Waals surface area contributed by atoms with Crippen molar-refractivity contribution in [3.05, 3.63) is 0 Å². The Morgan fingerprint density at radius 1 is 1.17 bits per heavy atom. The molecule has 1 aliphatic rings. The molecule has 1 rings (SSSR count). The zero-order valence-corrected chi connectivity index (χ0v) is 12.7. The highest BCUT2D eigenvalue weighted by Gasteiger charge is 2.56. The van der Waals surface area contributed by atoms with E-state index in [1.165, 1.54) is 6.92 Å². The lowest BCUT2D eigenvalue weighted by atomic mass is 10.0. The first-order chi connectivity index (χ1) is 10.7. The summed E-state index contributed by atoms with van der Waals surface area (Å²) in [5, 5.41) is 57.9. The van der Waals surface area contributed by atoms with E-state index in [0.29, 0.717) is 0 Å². The average Bonchev–Trinajstić information content (AvgIpc) is 2.79. The molecular weight excluding hydrogens is 316 g/mol. The van der Waals surface area contributed by atoms with Gasteiger partial charge in [-0.3, -0.25) is 0 Å². The van der Waals surface area contributed by atoms with Gasteiger partial charge in [-0.15, -0.1) is 0 Å². The maximum atomic E-state index is 9.95. The number of ether oxygens (including phenoxy) is 1. The van der Waals surface area contributed by atoms with Gasteiger partial charge in [-0.2, -0.15) is 4.89 Å². The maximum Gasteiger partial charge on any atom is 0.254 e. The molecule has 1 aliphatic heterocycles. The van der Waals surface area contributed by atoms with Crippen LogP contribution in [0.1, 0.15) is 6.92 Å². The Labute approximate surface area is 132 Å². The zero-order chi connectivity index (χ0) is 17.8. The van der Waals surface area contributed by atoms with Crippen LogP contribution < -0.4 is 11.5 Å². The van der Waals surface area contributed by atoms with Crippen LogP contribution in [-0.4, -0.2) is 98.9 Å². The molecule has 1 heterocycles. The molecular formula is C12H26N2O9. The van der Waals surface area contributed by atoms with Gasteiger partial charge in [-0.05, 0) is 6.92 Å². The molecule has 11 heteroatoms. The molecule has 8 atom stereocenters. The van der Waals surface area contributed by atoms with Crippen molar-refractivity contribution in [3.8, 4) is 0 Å². The predicted octanol–water partition coefficient (Wildman–Crippen LogP) is -4.87. The Kier molecular flexibility index (Phi) is 7.70. The zero-order valence-electron chi connectivity index (χ0n) is 12.7. The van der Waals surface area contributed by atoms with Crippen LogP contribution in [0.25, 0.3) is 0 Å². The highest BCUT2D eigenvalue weighted by atomic mass is 17.2. The van der Waals surface area contributed by atoms with Gasteiger partial charge in [-0.25, -0.2) is 4.89 Å². The normalized spacial score (nSPS) is 36.7. The van der Waals surface area contributed by atoms with Crippen LogP contribution in [0.2, 0.25) is 0 Å². The van der Waals surface area contributed by atoms with Crippen molar-refractivity contribution < 1.29 is 45.2 Å². The molecule has 0 saturated carbocycles. The van der Waals surface area contributed by atoms with Gasteiger partial charge in [0.15, 0.2) is 0 Å². The van der Waals surface area contributed by atoms with Crippen LogP contribution >= 0.6 is 0 Å². The van der Waals surface area contributed by atoms with Crippen molar-refractivity contribution in [2.75, 3.05) is 19.7 Å². The summed E-state index contributed by atoms with van der Waals surface area (Å²) in [6, 6.07) is 0. The topological polar surface area (TPSA) is 201 Å². The van der Waals surface area contributed by atoms with Crippen molar-refractivity contribution in [1.82, 2.24) is 0 Å². The number of nitrogens with two attached hydrogens (primary N) is 2. The molecule has 0 bridgehead atoms. The monoisotopic (exact) mass is 342 g/mol. The number of aliphatic hydroxyl groups excluding tert-OH is 6. The van der Waals surface area contributed by atoms with E-state index in [9.17, 15) is 30.6 Å².